The fourth-order valence-corrected chi connectivity index (χ4v) is 3.51. The first-order chi connectivity index (χ1) is 9.31. The topological polar surface area (TPSA) is 58.3 Å². The summed E-state index contributed by atoms with van der Waals surface area (Å²) in [6.07, 6.45) is 3.69. The molecule has 1 atom stereocenters. The van der Waals surface area contributed by atoms with Crippen LogP contribution in [0, 0.1) is 0 Å². The Morgan fingerprint density at radius 2 is 2.05 bits per heavy atom. The van der Waals surface area contributed by atoms with Crippen LogP contribution in [0.25, 0.3) is 0 Å². The van der Waals surface area contributed by atoms with Gasteiger partial charge in [0.25, 0.3) is 0 Å². The Morgan fingerprint density at radius 1 is 1.32 bits per heavy atom. The van der Waals surface area contributed by atoms with Gasteiger partial charge in [0, 0.05) is 56.2 Å². The summed E-state index contributed by atoms with van der Waals surface area (Å²) in [7, 11) is 0. The van der Waals surface area contributed by atoms with Crippen molar-refractivity contribution in [3.63, 3.8) is 0 Å². The van der Waals surface area contributed by atoms with Crippen molar-refractivity contribution in [1.82, 2.24) is 14.3 Å². The van der Waals surface area contributed by atoms with Crippen molar-refractivity contribution in [2.75, 3.05) is 37.6 Å². The van der Waals surface area contributed by atoms with Crippen molar-refractivity contribution in [3.8, 4) is 0 Å². The first-order valence-corrected chi connectivity index (χ1v) is 8.11. The predicted molar refractivity (Wildman–Crippen MR) is 78.8 cm³/mol. The van der Waals surface area contributed by atoms with Gasteiger partial charge in [-0.15, -0.1) is 0 Å². The van der Waals surface area contributed by atoms with Crippen LogP contribution < -0.4 is 10.6 Å². The zero-order chi connectivity index (χ0) is 13.2. The molecule has 0 radical (unpaired) electrons. The number of nitrogens with zero attached hydrogens (tertiary/aromatic N) is 4. The minimum absolute atomic E-state index is 0.540. The molecule has 0 aromatic carbocycles. The largest absolute Gasteiger partial charge is 0.344 e. The van der Waals surface area contributed by atoms with E-state index in [1.165, 1.54) is 12.8 Å². The van der Waals surface area contributed by atoms with Gasteiger partial charge in [-0.2, -0.15) is 4.37 Å². The highest BCUT2D eigenvalue weighted by molar-refractivity contribution is 7.09. The maximum atomic E-state index is 5.83. The number of piperazine rings is 1. The van der Waals surface area contributed by atoms with Crippen LogP contribution in [0.3, 0.4) is 0 Å². The normalized spacial score (nSPS) is 22.7. The summed E-state index contributed by atoms with van der Waals surface area (Å²) in [4.78, 5) is 9.59. The average molecular weight is 281 g/mol. The zero-order valence-electron chi connectivity index (χ0n) is 11.6. The van der Waals surface area contributed by atoms with E-state index >= 15 is 0 Å². The maximum Gasteiger partial charge on any atom is 0.205 e. The van der Waals surface area contributed by atoms with Gasteiger partial charge in [-0.3, -0.25) is 4.90 Å². The molecule has 1 aliphatic carbocycles. The predicted octanol–water partition coefficient (Wildman–Crippen LogP) is 1.27. The molecule has 0 amide bonds. The molecule has 5 nitrogen and oxygen atoms in total. The molecule has 0 spiro atoms. The smallest absolute Gasteiger partial charge is 0.205 e. The van der Waals surface area contributed by atoms with Gasteiger partial charge in [-0.05, 0) is 19.3 Å². The van der Waals surface area contributed by atoms with E-state index in [0.29, 0.717) is 12.0 Å². The number of anilines is 1. The number of nitrogens with two attached hydrogens (primary N) is 1. The van der Waals surface area contributed by atoms with E-state index in [4.69, 9.17) is 10.7 Å². The minimum atomic E-state index is 0.540. The Bertz CT molecular complexity index is 405. The molecule has 1 aliphatic heterocycles. The van der Waals surface area contributed by atoms with Gasteiger partial charge in [0.2, 0.25) is 5.13 Å². The first-order valence-electron chi connectivity index (χ1n) is 7.34. The van der Waals surface area contributed by atoms with Gasteiger partial charge in [-0.1, -0.05) is 6.92 Å². The van der Waals surface area contributed by atoms with Gasteiger partial charge in [0.05, 0.1) is 0 Å². The number of rotatable bonds is 5. The van der Waals surface area contributed by atoms with Crippen molar-refractivity contribution < 1.29 is 0 Å². The van der Waals surface area contributed by atoms with E-state index in [-0.39, 0.29) is 0 Å². The van der Waals surface area contributed by atoms with Crippen LogP contribution in [-0.2, 0) is 0 Å². The van der Waals surface area contributed by atoms with E-state index in [1.807, 2.05) is 0 Å². The van der Waals surface area contributed by atoms with Crippen molar-refractivity contribution in [2.24, 2.45) is 5.73 Å². The molecule has 19 heavy (non-hydrogen) atoms. The molecule has 1 unspecified atom stereocenters. The second-order valence-corrected chi connectivity index (χ2v) is 6.26. The quantitative estimate of drug-likeness (QED) is 0.881. The Balaban J connectivity index is 1.56. The Hall–Kier alpha value is -0.720. The molecule has 1 saturated carbocycles. The fraction of sp³-hybridized carbons (Fsp3) is 0.846. The highest BCUT2D eigenvalue weighted by Gasteiger charge is 2.29. The second kappa shape index (κ2) is 5.73. The molecule has 1 saturated heterocycles. The summed E-state index contributed by atoms with van der Waals surface area (Å²) in [5.41, 5.74) is 5.83. The number of aromatic nitrogens is 2. The lowest BCUT2D eigenvalue weighted by Crippen LogP contribution is -2.52. The molecule has 2 N–H and O–H groups in total. The Morgan fingerprint density at radius 3 is 2.63 bits per heavy atom. The minimum Gasteiger partial charge on any atom is -0.344 e. The summed E-state index contributed by atoms with van der Waals surface area (Å²) in [5.74, 6) is 1.74. The summed E-state index contributed by atoms with van der Waals surface area (Å²) >= 11 is 1.57. The van der Waals surface area contributed by atoms with Crippen LogP contribution in [0.2, 0.25) is 0 Å². The first kappa shape index (κ1) is 13.3. The standard InChI is InChI=1S/C13H23N5S/c1-2-11(9-14)17-5-7-18(8-6-17)13-15-12(16-19-13)10-3-4-10/h10-11H,2-9,14H2,1H3. The Kier molecular flexibility index (Phi) is 4.00. The van der Waals surface area contributed by atoms with Crippen LogP contribution in [0.1, 0.15) is 37.9 Å². The lowest BCUT2D eigenvalue weighted by atomic mass is 10.1. The van der Waals surface area contributed by atoms with E-state index in [1.54, 1.807) is 11.5 Å². The Labute approximate surface area is 119 Å². The highest BCUT2D eigenvalue weighted by atomic mass is 32.1. The van der Waals surface area contributed by atoms with Crippen molar-refractivity contribution in [2.45, 2.75) is 38.1 Å². The van der Waals surface area contributed by atoms with Crippen LogP contribution in [-0.4, -0.2) is 53.0 Å². The number of hydrogen-bond donors (Lipinski definition) is 1. The summed E-state index contributed by atoms with van der Waals surface area (Å²) < 4.78 is 4.50. The highest BCUT2D eigenvalue weighted by Crippen LogP contribution is 2.39. The van der Waals surface area contributed by atoms with Gasteiger partial charge in [0.1, 0.15) is 5.82 Å². The van der Waals surface area contributed by atoms with E-state index < -0.39 is 0 Å². The lowest BCUT2D eigenvalue weighted by molar-refractivity contribution is 0.184. The third-order valence-corrected chi connectivity index (χ3v) is 5.01. The van der Waals surface area contributed by atoms with Crippen molar-refractivity contribution in [1.29, 1.82) is 0 Å². The lowest BCUT2D eigenvalue weighted by Gasteiger charge is -2.38. The van der Waals surface area contributed by atoms with E-state index in [9.17, 15) is 0 Å². The third kappa shape index (κ3) is 2.90. The summed E-state index contributed by atoms with van der Waals surface area (Å²) in [6.45, 7) is 7.27. The average Bonchev–Trinajstić information content (AvgIpc) is 3.19. The molecule has 106 valence electrons. The summed E-state index contributed by atoms with van der Waals surface area (Å²) in [5, 5.41) is 1.11. The molecule has 3 rings (SSSR count). The maximum absolute atomic E-state index is 5.83. The van der Waals surface area contributed by atoms with Gasteiger partial charge in [-0.25, -0.2) is 4.98 Å². The van der Waals surface area contributed by atoms with Crippen molar-refractivity contribution >= 4 is 16.7 Å². The van der Waals surface area contributed by atoms with Gasteiger partial charge < -0.3 is 10.6 Å². The van der Waals surface area contributed by atoms with Crippen LogP contribution >= 0.6 is 11.5 Å². The molecule has 6 heteroatoms. The van der Waals surface area contributed by atoms with Crippen molar-refractivity contribution in [3.05, 3.63) is 5.82 Å². The molecule has 1 aromatic rings. The molecule has 2 fully saturated rings. The molecule has 2 aliphatic rings. The molecule has 0 bridgehead atoms. The van der Waals surface area contributed by atoms with Crippen LogP contribution in [0.15, 0.2) is 0 Å². The molecule has 1 aromatic heterocycles. The zero-order valence-corrected chi connectivity index (χ0v) is 12.4. The molecule has 2 heterocycles. The summed E-state index contributed by atoms with van der Waals surface area (Å²) in [6, 6.07) is 0.540. The molecular formula is C13H23N5S. The second-order valence-electron chi connectivity index (χ2n) is 5.53. The fourth-order valence-electron chi connectivity index (χ4n) is 2.71. The van der Waals surface area contributed by atoms with Crippen LogP contribution in [0.4, 0.5) is 5.13 Å². The van der Waals surface area contributed by atoms with E-state index in [0.717, 1.165) is 50.1 Å². The SMILES string of the molecule is CCC(CN)N1CCN(c2nc(C3CC3)ns2)CC1. The monoisotopic (exact) mass is 281 g/mol. The third-order valence-electron chi connectivity index (χ3n) is 4.22. The van der Waals surface area contributed by atoms with Gasteiger partial charge >= 0.3 is 0 Å². The van der Waals surface area contributed by atoms with Crippen LogP contribution in [0.5, 0.6) is 0 Å². The van der Waals surface area contributed by atoms with E-state index in [2.05, 4.69) is 21.1 Å². The molecular weight excluding hydrogens is 258 g/mol. The van der Waals surface area contributed by atoms with Gasteiger partial charge in [0.15, 0.2) is 0 Å². The number of hydrogen-bond acceptors (Lipinski definition) is 6.